The lowest BCUT2D eigenvalue weighted by Gasteiger charge is -2.21. The van der Waals surface area contributed by atoms with Gasteiger partial charge in [-0.05, 0) is 19.1 Å². The molecule has 0 aliphatic rings. The molecular weight excluding hydrogens is 306 g/mol. The van der Waals surface area contributed by atoms with E-state index in [9.17, 15) is 9.59 Å². The monoisotopic (exact) mass is 329 g/mol. The molecule has 0 bridgehead atoms. The second-order valence-electron chi connectivity index (χ2n) is 5.89. The fourth-order valence-electron chi connectivity index (χ4n) is 1.49. The molecule has 6 nitrogen and oxygen atoms in total. The third kappa shape index (κ3) is 5.44. The van der Waals surface area contributed by atoms with Crippen molar-refractivity contribution in [1.82, 2.24) is 5.32 Å². The van der Waals surface area contributed by atoms with Gasteiger partial charge in [-0.15, -0.1) is 12.4 Å². The molecule has 124 valence electrons. The lowest BCUT2D eigenvalue weighted by atomic mass is 9.95. The highest BCUT2D eigenvalue weighted by molar-refractivity contribution is 5.99. The lowest BCUT2D eigenvalue weighted by molar-refractivity contribution is -0.131. The Morgan fingerprint density at radius 1 is 1.27 bits per heavy atom. The molecule has 1 unspecified atom stereocenters. The van der Waals surface area contributed by atoms with Crippen LogP contribution in [0.5, 0.6) is 5.75 Å². The number of benzene rings is 1. The first-order chi connectivity index (χ1) is 9.65. The maximum atomic E-state index is 12.1. The van der Waals surface area contributed by atoms with Gasteiger partial charge >= 0.3 is 0 Å². The van der Waals surface area contributed by atoms with Crippen molar-refractivity contribution < 1.29 is 14.3 Å². The Bertz CT molecular complexity index is 541. The van der Waals surface area contributed by atoms with Crippen LogP contribution in [0.3, 0.4) is 0 Å². The summed E-state index contributed by atoms with van der Waals surface area (Å²) in [5.74, 6) is 0.0576. The van der Waals surface area contributed by atoms with Crippen LogP contribution in [0.4, 0.5) is 11.4 Å². The van der Waals surface area contributed by atoms with Gasteiger partial charge in [-0.2, -0.15) is 0 Å². The highest BCUT2D eigenvalue weighted by Crippen LogP contribution is 2.24. The summed E-state index contributed by atoms with van der Waals surface area (Å²) in [5.41, 5.74) is 6.14. The van der Waals surface area contributed by atoms with Crippen molar-refractivity contribution in [2.45, 2.75) is 33.7 Å². The number of nitrogens with one attached hydrogen (secondary N) is 2. The van der Waals surface area contributed by atoms with Crippen molar-refractivity contribution in [2.24, 2.45) is 5.41 Å². The smallest absolute Gasteiger partial charge is 0.246 e. The number of carbonyl (C=O) groups excluding carboxylic acids is 2. The number of methoxy groups -OCH3 is 1. The molecule has 1 atom stereocenters. The molecule has 0 fully saturated rings. The van der Waals surface area contributed by atoms with Gasteiger partial charge in [-0.25, -0.2) is 0 Å². The number of rotatable bonds is 4. The quantitative estimate of drug-likeness (QED) is 0.738. The van der Waals surface area contributed by atoms with Crippen LogP contribution >= 0.6 is 12.4 Å². The summed E-state index contributed by atoms with van der Waals surface area (Å²) in [4.78, 5) is 24.0. The summed E-state index contributed by atoms with van der Waals surface area (Å²) in [6.07, 6.45) is 0. The molecule has 0 spiro atoms. The molecule has 4 N–H and O–H groups in total. The molecule has 0 aromatic heterocycles. The highest BCUT2D eigenvalue weighted by Gasteiger charge is 2.25. The second-order valence-corrected chi connectivity index (χ2v) is 5.89. The van der Waals surface area contributed by atoms with Crippen molar-refractivity contribution in [3.63, 3.8) is 0 Å². The Hall–Kier alpha value is -1.95. The third-order valence-corrected chi connectivity index (χ3v) is 2.94. The Balaban J connectivity index is 0.00000441. The number of nitrogen functional groups attached to an aromatic ring is 1. The topological polar surface area (TPSA) is 93.4 Å². The van der Waals surface area contributed by atoms with Gasteiger partial charge in [0.2, 0.25) is 11.8 Å². The fraction of sp³-hybridized carbons (Fsp3) is 0.467. The summed E-state index contributed by atoms with van der Waals surface area (Å²) in [5, 5.41) is 5.35. The maximum Gasteiger partial charge on any atom is 0.246 e. The van der Waals surface area contributed by atoms with Gasteiger partial charge in [0.25, 0.3) is 0 Å². The minimum atomic E-state index is -0.665. The van der Waals surface area contributed by atoms with E-state index in [0.717, 1.165) is 0 Å². The van der Waals surface area contributed by atoms with Crippen LogP contribution in [0.15, 0.2) is 18.2 Å². The zero-order valence-corrected chi connectivity index (χ0v) is 14.3. The molecule has 0 aliphatic heterocycles. The molecule has 1 aromatic rings. The number of hydrogen-bond acceptors (Lipinski definition) is 4. The Kier molecular flexibility index (Phi) is 7.19. The van der Waals surface area contributed by atoms with Crippen LogP contribution in [-0.2, 0) is 9.59 Å². The van der Waals surface area contributed by atoms with Crippen LogP contribution < -0.4 is 21.1 Å². The molecule has 2 amide bonds. The number of carbonyl (C=O) groups is 2. The normalized spacial score (nSPS) is 11.9. The number of anilines is 2. The van der Waals surface area contributed by atoms with Crippen molar-refractivity contribution in [3.8, 4) is 5.75 Å². The van der Waals surface area contributed by atoms with Crippen molar-refractivity contribution in [1.29, 1.82) is 0 Å². The molecule has 0 radical (unpaired) electrons. The predicted molar refractivity (Wildman–Crippen MR) is 90.3 cm³/mol. The first kappa shape index (κ1) is 20.1. The Morgan fingerprint density at radius 2 is 1.86 bits per heavy atom. The van der Waals surface area contributed by atoms with Crippen molar-refractivity contribution in [3.05, 3.63) is 18.2 Å². The van der Waals surface area contributed by atoms with Crippen LogP contribution in [0, 0.1) is 5.41 Å². The van der Waals surface area contributed by atoms with E-state index in [1.54, 1.807) is 45.9 Å². The summed E-state index contributed by atoms with van der Waals surface area (Å²) in [7, 11) is 1.53. The van der Waals surface area contributed by atoms with E-state index in [1.165, 1.54) is 7.11 Å². The molecule has 1 rings (SSSR count). The minimum absolute atomic E-state index is 0. The summed E-state index contributed by atoms with van der Waals surface area (Å²) < 4.78 is 5.08. The van der Waals surface area contributed by atoms with Crippen LogP contribution in [0.25, 0.3) is 0 Å². The van der Waals surface area contributed by atoms with Gasteiger partial charge in [0, 0.05) is 11.5 Å². The minimum Gasteiger partial charge on any atom is -0.497 e. The number of hydrogen-bond donors (Lipinski definition) is 3. The average molecular weight is 330 g/mol. The molecule has 0 aliphatic carbocycles. The largest absolute Gasteiger partial charge is 0.497 e. The van der Waals surface area contributed by atoms with Crippen LogP contribution in [0.1, 0.15) is 27.7 Å². The molecule has 22 heavy (non-hydrogen) atoms. The van der Waals surface area contributed by atoms with Gasteiger partial charge in [-0.3, -0.25) is 9.59 Å². The van der Waals surface area contributed by atoms with E-state index >= 15 is 0 Å². The summed E-state index contributed by atoms with van der Waals surface area (Å²) >= 11 is 0. The van der Waals surface area contributed by atoms with Gasteiger partial charge in [0.1, 0.15) is 11.8 Å². The summed E-state index contributed by atoms with van der Waals surface area (Å²) in [6, 6.07) is 4.32. The summed E-state index contributed by atoms with van der Waals surface area (Å²) in [6.45, 7) is 6.97. The Labute approximate surface area is 137 Å². The fourth-order valence-corrected chi connectivity index (χ4v) is 1.49. The SMILES string of the molecule is COc1ccc(N)c(NC(=O)C(C)NC(=O)C(C)(C)C)c1.Cl. The molecule has 1 aromatic carbocycles. The number of ether oxygens (including phenoxy) is 1. The second kappa shape index (κ2) is 7.89. The predicted octanol–water partition coefficient (Wildman–Crippen LogP) is 2.19. The van der Waals surface area contributed by atoms with E-state index in [2.05, 4.69) is 10.6 Å². The van der Waals surface area contributed by atoms with E-state index < -0.39 is 11.5 Å². The van der Waals surface area contributed by atoms with E-state index in [1.807, 2.05) is 0 Å². The van der Waals surface area contributed by atoms with E-state index in [4.69, 9.17) is 10.5 Å². The van der Waals surface area contributed by atoms with Crippen molar-refractivity contribution >= 4 is 35.6 Å². The molecular formula is C15H24ClN3O3. The molecule has 7 heteroatoms. The number of halogens is 1. The number of nitrogens with two attached hydrogens (primary N) is 1. The van der Waals surface area contributed by atoms with E-state index in [0.29, 0.717) is 17.1 Å². The van der Waals surface area contributed by atoms with Gasteiger partial charge < -0.3 is 21.1 Å². The first-order valence-electron chi connectivity index (χ1n) is 6.70. The zero-order valence-electron chi connectivity index (χ0n) is 13.5. The lowest BCUT2D eigenvalue weighted by Crippen LogP contribution is -2.46. The molecule has 0 saturated heterocycles. The van der Waals surface area contributed by atoms with Gasteiger partial charge in [0.15, 0.2) is 0 Å². The van der Waals surface area contributed by atoms with Crippen molar-refractivity contribution in [2.75, 3.05) is 18.2 Å². The number of amides is 2. The first-order valence-corrected chi connectivity index (χ1v) is 6.70. The van der Waals surface area contributed by atoms with Gasteiger partial charge in [0.05, 0.1) is 18.5 Å². The zero-order chi connectivity index (χ0) is 16.2. The van der Waals surface area contributed by atoms with E-state index in [-0.39, 0.29) is 24.2 Å². The molecule has 0 saturated carbocycles. The van der Waals surface area contributed by atoms with Crippen LogP contribution in [-0.4, -0.2) is 25.0 Å². The van der Waals surface area contributed by atoms with Gasteiger partial charge in [-0.1, -0.05) is 20.8 Å². The van der Waals surface area contributed by atoms with Crippen LogP contribution in [0.2, 0.25) is 0 Å². The highest BCUT2D eigenvalue weighted by atomic mass is 35.5. The molecule has 0 heterocycles. The third-order valence-electron chi connectivity index (χ3n) is 2.94. The maximum absolute atomic E-state index is 12.1. The Morgan fingerprint density at radius 3 is 2.36 bits per heavy atom. The standard InChI is InChI=1S/C15H23N3O3.ClH/c1-9(17-14(20)15(2,3)4)13(19)18-12-8-10(21-5)6-7-11(12)16;/h6-9H,16H2,1-5H3,(H,17,20)(H,18,19);1H. The average Bonchev–Trinajstić information content (AvgIpc) is 2.39.